The fourth-order valence-corrected chi connectivity index (χ4v) is 3.90. The first-order chi connectivity index (χ1) is 12.7. The minimum Gasteiger partial charge on any atom is -0.497 e. The van der Waals surface area contributed by atoms with Crippen molar-refractivity contribution in [2.24, 2.45) is 0 Å². The van der Waals surface area contributed by atoms with E-state index in [1.807, 2.05) is 46.0 Å². The number of H-pyrrole nitrogens is 1. The topological polar surface area (TPSA) is 101 Å². The summed E-state index contributed by atoms with van der Waals surface area (Å²) in [4.78, 5) is 15.1. The van der Waals surface area contributed by atoms with E-state index in [4.69, 9.17) is 4.74 Å². The van der Waals surface area contributed by atoms with E-state index in [0.717, 1.165) is 23.4 Å². The van der Waals surface area contributed by atoms with Crippen LogP contribution in [0.2, 0.25) is 0 Å². The standard InChI is InChI=1S/C17H17N7O2/c1-26-13-4-2-12(3-5-13)17-10-23-9-11(15-19-21-22-20-15)8-14(23)16(25)24(17)7-6-18-17/h2-5,8-9,18H,6-7,10H2,1H3,(H,19,20,21,22). The normalized spacial score (nSPS) is 21.6. The molecule has 0 saturated carbocycles. The average Bonchev–Trinajstić information content (AvgIpc) is 3.41. The number of fused-ring (bicyclic) bond motifs is 2. The quantitative estimate of drug-likeness (QED) is 0.716. The van der Waals surface area contributed by atoms with E-state index in [0.29, 0.717) is 24.6 Å². The van der Waals surface area contributed by atoms with Gasteiger partial charge in [0, 0.05) is 24.8 Å². The molecule has 2 N–H and O–H groups in total. The number of amides is 1. The van der Waals surface area contributed by atoms with Gasteiger partial charge in [0.2, 0.25) is 5.82 Å². The number of tetrazole rings is 1. The van der Waals surface area contributed by atoms with E-state index in [-0.39, 0.29) is 5.91 Å². The number of nitrogens with zero attached hydrogens (tertiary/aromatic N) is 5. The van der Waals surface area contributed by atoms with Gasteiger partial charge < -0.3 is 14.2 Å². The van der Waals surface area contributed by atoms with Crippen molar-refractivity contribution in [2.75, 3.05) is 20.2 Å². The smallest absolute Gasteiger partial charge is 0.272 e. The first-order valence-corrected chi connectivity index (χ1v) is 8.37. The van der Waals surface area contributed by atoms with Crippen LogP contribution in [0, 0.1) is 0 Å². The number of aromatic amines is 1. The Hall–Kier alpha value is -3.20. The van der Waals surface area contributed by atoms with E-state index >= 15 is 0 Å². The van der Waals surface area contributed by atoms with Crippen LogP contribution in [0.5, 0.6) is 5.75 Å². The number of hydrogen-bond donors (Lipinski definition) is 2. The molecular weight excluding hydrogens is 334 g/mol. The second kappa shape index (κ2) is 5.40. The van der Waals surface area contributed by atoms with Gasteiger partial charge in [-0.15, -0.1) is 10.2 Å². The lowest BCUT2D eigenvalue weighted by atomic mass is 9.96. The molecule has 132 valence electrons. The van der Waals surface area contributed by atoms with Gasteiger partial charge in [-0.2, -0.15) is 5.21 Å². The maximum atomic E-state index is 13.2. The van der Waals surface area contributed by atoms with E-state index in [1.54, 1.807) is 7.11 Å². The second-order valence-electron chi connectivity index (χ2n) is 6.45. The van der Waals surface area contributed by atoms with Gasteiger partial charge in [-0.25, -0.2) is 0 Å². The molecule has 26 heavy (non-hydrogen) atoms. The van der Waals surface area contributed by atoms with Crippen LogP contribution in [0.1, 0.15) is 16.1 Å². The Morgan fingerprint density at radius 2 is 2.12 bits per heavy atom. The SMILES string of the molecule is COc1ccc(C23Cn4cc(-c5nn[nH]n5)cc4C(=O)N2CCN3)cc1. The molecule has 0 radical (unpaired) electrons. The molecule has 0 spiro atoms. The summed E-state index contributed by atoms with van der Waals surface area (Å²) in [6.45, 7) is 2.02. The molecule has 2 aliphatic heterocycles. The first-order valence-electron chi connectivity index (χ1n) is 8.37. The van der Waals surface area contributed by atoms with Crippen molar-refractivity contribution < 1.29 is 9.53 Å². The molecule has 1 atom stereocenters. The third-order valence-electron chi connectivity index (χ3n) is 5.14. The summed E-state index contributed by atoms with van der Waals surface area (Å²) in [6.07, 6.45) is 1.90. The van der Waals surface area contributed by atoms with Crippen LogP contribution in [0.25, 0.3) is 11.4 Å². The fraction of sp³-hybridized carbons (Fsp3) is 0.294. The molecule has 9 heteroatoms. The van der Waals surface area contributed by atoms with Crippen molar-refractivity contribution in [3.05, 3.63) is 47.8 Å². The monoisotopic (exact) mass is 351 g/mol. The van der Waals surface area contributed by atoms with Gasteiger partial charge in [-0.3, -0.25) is 10.1 Å². The minimum atomic E-state index is -0.566. The molecular formula is C17H17N7O2. The van der Waals surface area contributed by atoms with Crippen molar-refractivity contribution in [1.82, 2.24) is 35.4 Å². The molecule has 0 aliphatic carbocycles. The summed E-state index contributed by atoms with van der Waals surface area (Å²) < 4.78 is 7.22. The average molecular weight is 351 g/mol. The number of methoxy groups -OCH3 is 1. The molecule has 1 unspecified atom stereocenters. The predicted octanol–water partition coefficient (Wildman–Crippen LogP) is 0.589. The highest BCUT2D eigenvalue weighted by molar-refractivity contribution is 5.95. The van der Waals surface area contributed by atoms with Crippen LogP contribution in [-0.4, -0.2) is 56.2 Å². The van der Waals surface area contributed by atoms with Crippen LogP contribution < -0.4 is 10.1 Å². The summed E-state index contributed by atoms with van der Waals surface area (Å²) in [6, 6.07) is 9.67. The summed E-state index contributed by atoms with van der Waals surface area (Å²) in [5, 5.41) is 17.6. The molecule has 1 fully saturated rings. The van der Waals surface area contributed by atoms with Crippen molar-refractivity contribution in [2.45, 2.75) is 12.2 Å². The zero-order valence-electron chi connectivity index (χ0n) is 14.1. The van der Waals surface area contributed by atoms with Gasteiger partial charge in [0.1, 0.15) is 17.1 Å². The number of carbonyl (C=O) groups excluding carboxylic acids is 1. The number of carbonyl (C=O) groups is 1. The van der Waals surface area contributed by atoms with E-state index in [2.05, 4.69) is 25.9 Å². The molecule has 9 nitrogen and oxygen atoms in total. The van der Waals surface area contributed by atoms with Gasteiger partial charge in [0.05, 0.1) is 13.7 Å². The summed E-state index contributed by atoms with van der Waals surface area (Å²) in [7, 11) is 1.64. The highest BCUT2D eigenvalue weighted by Crippen LogP contribution is 2.38. The minimum absolute atomic E-state index is 0.00758. The first kappa shape index (κ1) is 15.1. The van der Waals surface area contributed by atoms with Crippen LogP contribution in [0.15, 0.2) is 36.5 Å². The number of benzene rings is 1. The summed E-state index contributed by atoms with van der Waals surface area (Å²) in [5.41, 5.74) is 1.87. The Bertz CT molecular complexity index is 964. The molecule has 5 rings (SSSR count). The number of rotatable bonds is 3. The van der Waals surface area contributed by atoms with Gasteiger partial charge in [0.25, 0.3) is 5.91 Å². The molecule has 1 amide bonds. The van der Waals surface area contributed by atoms with Crippen LogP contribution >= 0.6 is 0 Å². The third-order valence-corrected chi connectivity index (χ3v) is 5.14. The fourth-order valence-electron chi connectivity index (χ4n) is 3.90. The van der Waals surface area contributed by atoms with Gasteiger partial charge in [-0.05, 0) is 29.0 Å². The number of aromatic nitrogens is 5. The molecule has 0 bridgehead atoms. The lowest BCUT2D eigenvalue weighted by Gasteiger charge is -2.43. The van der Waals surface area contributed by atoms with Crippen LogP contribution in [-0.2, 0) is 12.2 Å². The third kappa shape index (κ3) is 2.00. The van der Waals surface area contributed by atoms with E-state index in [9.17, 15) is 4.79 Å². The summed E-state index contributed by atoms with van der Waals surface area (Å²) >= 11 is 0. The Kier molecular flexibility index (Phi) is 3.13. The van der Waals surface area contributed by atoms with E-state index < -0.39 is 5.66 Å². The lowest BCUT2D eigenvalue weighted by molar-refractivity contribution is 0.0398. The Morgan fingerprint density at radius 3 is 2.85 bits per heavy atom. The van der Waals surface area contributed by atoms with Crippen molar-refractivity contribution >= 4 is 5.91 Å². The maximum absolute atomic E-state index is 13.2. The van der Waals surface area contributed by atoms with Crippen LogP contribution in [0.3, 0.4) is 0 Å². The highest BCUT2D eigenvalue weighted by Gasteiger charge is 2.49. The molecule has 3 aromatic rings. The largest absolute Gasteiger partial charge is 0.497 e. The maximum Gasteiger partial charge on any atom is 0.272 e. The van der Waals surface area contributed by atoms with E-state index in [1.165, 1.54) is 0 Å². The number of ether oxygens (including phenoxy) is 1. The van der Waals surface area contributed by atoms with Crippen molar-refractivity contribution in [3.8, 4) is 17.1 Å². The van der Waals surface area contributed by atoms with Crippen molar-refractivity contribution in [1.29, 1.82) is 0 Å². The lowest BCUT2D eigenvalue weighted by Crippen LogP contribution is -2.57. The Balaban J connectivity index is 1.60. The van der Waals surface area contributed by atoms with Crippen molar-refractivity contribution in [3.63, 3.8) is 0 Å². The molecule has 2 aliphatic rings. The Morgan fingerprint density at radius 1 is 1.27 bits per heavy atom. The molecule has 1 aromatic carbocycles. The molecule has 2 aromatic heterocycles. The zero-order valence-corrected chi connectivity index (χ0v) is 14.1. The van der Waals surface area contributed by atoms with Crippen LogP contribution in [0.4, 0.5) is 0 Å². The summed E-state index contributed by atoms with van der Waals surface area (Å²) in [5.74, 6) is 1.26. The predicted molar refractivity (Wildman–Crippen MR) is 91.3 cm³/mol. The number of hydrogen-bond acceptors (Lipinski definition) is 6. The highest BCUT2D eigenvalue weighted by atomic mass is 16.5. The van der Waals surface area contributed by atoms with Gasteiger partial charge >= 0.3 is 0 Å². The molecule has 1 saturated heterocycles. The zero-order chi connectivity index (χ0) is 17.7. The number of nitrogens with one attached hydrogen (secondary N) is 2. The van der Waals surface area contributed by atoms with Gasteiger partial charge in [-0.1, -0.05) is 12.1 Å². The van der Waals surface area contributed by atoms with Gasteiger partial charge in [0.15, 0.2) is 0 Å². The molecule has 4 heterocycles. The Labute approximate surface area is 149 Å². The second-order valence-corrected chi connectivity index (χ2v) is 6.45.